The minimum atomic E-state index is -0.533. The lowest BCUT2D eigenvalue weighted by Gasteiger charge is -2.20. The van der Waals surface area contributed by atoms with Gasteiger partial charge in [0.15, 0.2) is 0 Å². The molecule has 3 N–H and O–H groups in total. The first-order valence-corrected chi connectivity index (χ1v) is 7.19. The zero-order chi connectivity index (χ0) is 16.2. The van der Waals surface area contributed by atoms with Gasteiger partial charge in [0, 0.05) is 37.6 Å². The normalized spacial score (nSPS) is 11.5. The Morgan fingerprint density at radius 2 is 2.18 bits per heavy atom. The van der Waals surface area contributed by atoms with Crippen molar-refractivity contribution in [2.45, 2.75) is 39.5 Å². The molecule has 0 aromatic carbocycles. The highest BCUT2D eigenvalue weighted by molar-refractivity contribution is 5.84. The van der Waals surface area contributed by atoms with E-state index in [0.29, 0.717) is 18.9 Å². The average molecular weight is 305 g/mol. The fraction of sp³-hybridized carbons (Fsp3) is 0.467. The summed E-state index contributed by atoms with van der Waals surface area (Å²) in [5.74, 6) is 0.633. The summed E-state index contributed by atoms with van der Waals surface area (Å²) in [6.07, 6.45) is 3.13. The van der Waals surface area contributed by atoms with E-state index in [4.69, 9.17) is 4.74 Å². The summed E-state index contributed by atoms with van der Waals surface area (Å²) in [4.78, 5) is 15.0. The second kappa shape index (κ2) is 6.65. The van der Waals surface area contributed by atoms with Crippen LogP contribution in [0.1, 0.15) is 32.0 Å². The molecule has 0 aliphatic rings. The Labute approximate surface area is 130 Å². The van der Waals surface area contributed by atoms with Crippen LogP contribution in [0.25, 0.3) is 0 Å². The summed E-state index contributed by atoms with van der Waals surface area (Å²) in [6, 6.07) is 3.96. The Morgan fingerprint density at radius 1 is 1.41 bits per heavy atom. The van der Waals surface area contributed by atoms with Gasteiger partial charge in [-0.2, -0.15) is 5.10 Å². The number of rotatable bonds is 5. The number of nitrogens with zero attached hydrogens (tertiary/aromatic N) is 2. The Morgan fingerprint density at radius 3 is 2.82 bits per heavy atom. The molecule has 0 saturated heterocycles. The van der Waals surface area contributed by atoms with Gasteiger partial charge in [-0.3, -0.25) is 10.00 Å². The molecule has 7 heteroatoms. The third-order valence-corrected chi connectivity index (χ3v) is 2.93. The molecular weight excluding hydrogens is 282 g/mol. The number of hydrogen-bond donors (Lipinski definition) is 3. The molecule has 0 atom stereocenters. The summed E-state index contributed by atoms with van der Waals surface area (Å²) < 4.78 is 6.89. The largest absolute Gasteiger partial charge is 0.444 e. The number of carbonyl (C=O) groups excluding carboxylic acids is 1. The maximum absolute atomic E-state index is 11.9. The molecule has 0 spiro atoms. The summed E-state index contributed by atoms with van der Waals surface area (Å²) in [6.45, 7) is 6.80. The molecule has 0 aliphatic carbocycles. The zero-order valence-electron chi connectivity index (χ0n) is 13.4. The van der Waals surface area contributed by atoms with E-state index in [1.807, 2.05) is 39.1 Å². The number of nitrogens with one attached hydrogen (secondary N) is 3. The van der Waals surface area contributed by atoms with E-state index in [1.165, 1.54) is 0 Å². The van der Waals surface area contributed by atoms with Crippen molar-refractivity contribution in [3.05, 3.63) is 35.8 Å². The van der Waals surface area contributed by atoms with Crippen molar-refractivity contribution in [1.82, 2.24) is 20.1 Å². The SMILES string of the molecule is Cn1ncc(CNCc2ccc[nH]2)c1NC(=O)OC(C)(C)C. The van der Waals surface area contributed by atoms with E-state index < -0.39 is 11.7 Å². The summed E-state index contributed by atoms with van der Waals surface area (Å²) in [7, 11) is 1.78. The van der Waals surface area contributed by atoms with Gasteiger partial charge in [-0.25, -0.2) is 4.79 Å². The number of aromatic nitrogens is 3. The number of anilines is 1. The molecular formula is C15H23N5O2. The van der Waals surface area contributed by atoms with Gasteiger partial charge in [-0.1, -0.05) is 0 Å². The van der Waals surface area contributed by atoms with E-state index in [-0.39, 0.29) is 0 Å². The minimum Gasteiger partial charge on any atom is -0.444 e. The number of amides is 1. The van der Waals surface area contributed by atoms with Crippen molar-refractivity contribution < 1.29 is 9.53 Å². The molecule has 2 rings (SSSR count). The van der Waals surface area contributed by atoms with Crippen molar-refractivity contribution in [3.8, 4) is 0 Å². The second-order valence-electron chi connectivity index (χ2n) is 6.07. The van der Waals surface area contributed by atoms with Crippen LogP contribution in [0.5, 0.6) is 0 Å². The molecule has 1 amide bonds. The highest BCUT2D eigenvalue weighted by Crippen LogP contribution is 2.16. The van der Waals surface area contributed by atoms with Crippen molar-refractivity contribution in [3.63, 3.8) is 0 Å². The smallest absolute Gasteiger partial charge is 0.413 e. The van der Waals surface area contributed by atoms with Crippen molar-refractivity contribution in [2.24, 2.45) is 7.05 Å². The van der Waals surface area contributed by atoms with Crippen LogP contribution in [0.3, 0.4) is 0 Å². The van der Waals surface area contributed by atoms with E-state index in [0.717, 1.165) is 11.3 Å². The lowest BCUT2D eigenvalue weighted by Crippen LogP contribution is -2.28. The third kappa shape index (κ3) is 4.63. The van der Waals surface area contributed by atoms with E-state index in [1.54, 1.807) is 17.9 Å². The van der Waals surface area contributed by atoms with Gasteiger partial charge in [-0.15, -0.1) is 0 Å². The van der Waals surface area contributed by atoms with Crippen molar-refractivity contribution in [2.75, 3.05) is 5.32 Å². The Hall–Kier alpha value is -2.28. The average Bonchev–Trinajstić information content (AvgIpc) is 3.01. The number of ether oxygens (including phenoxy) is 1. The predicted molar refractivity (Wildman–Crippen MR) is 84.4 cm³/mol. The van der Waals surface area contributed by atoms with Gasteiger partial charge in [0.2, 0.25) is 0 Å². The zero-order valence-corrected chi connectivity index (χ0v) is 13.4. The van der Waals surface area contributed by atoms with Crippen LogP contribution in [0.2, 0.25) is 0 Å². The monoisotopic (exact) mass is 305 g/mol. The minimum absolute atomic E-state index is 0.485. The molecule has 0 saturated carbocycles. The van der Waals surface area contributed by atoms with Gasteiger partial charge in [0.05, 0.1) is 6.20 Å². The van der Waals surface area contributed by atoms with E-state index in [2.05, 4.69) is 20.7 Å². The van der Waals surface area contributed by atoms with Gasteiger partial charge >= 0.3 is 6.09 Å². The highest BCUT2D eigenvalue weighted by Gasteiger charge is 2.18. The first-order chi connectivity index (χ1) is 10.3. The fourth-order valence-corrected chi connectivity index (χ4v) is 1.98. The van der Waals surface area contributed by atoms with Crippen LogP contribution in [-0.4, -0.2) is 26.5 Å². The molecule has 22 heavy (non-hydrogen) atoms. The molecule has 2 heterocycles. The molecule has 120 valence electrons. The lowest BCUT2D eigenvalue weighted by molar-refractivity contribution is 0.0634. The third-order valence-electron chi connectivity index (χ3n) is 2.93. The molecule has 0 bridgehead atoms. The summed E-state index contributed by atoms with van der Waals surface area (Å²) >= 11 is 0. The Kier molecular flexibility index (Phi) is 4.87. The van der Waals surface area contributed by atoms with Crippen molar-refractivity contribution in [1.29, 1.82) is 0 Å². The molecule has 0 unspecified atom stereocenters. The second-order valence-corrected chi connectivity index (χ2v) is 6.07. The van der Waals surface area contributed by atoms with E-state index >= 15 is 0 Å². The fourth-order valence-electron chi connectivity index (χ4n) is 1.98. The van der Waals surface area contributed by atoms with Gasteiger partial charge < -0.3 is 15.0 Å². The van der Waals surface area contributed by atoms with Gasteiger partial charge in [-0.05, 0) is 32.9 Å². The number of aryl methyl sites for hydroxylation is 1. The predicted octanol–water partition coefficient (Wildman–Crippen LogP) is 2.38. The Bertz CT molecular complexity index is 610. The number of aromatic amines is 1. The van der Waals surface area contributed by atoms with Crippen LogP contribution in [0.4, 0.5) is 10.6 Å². The molecule has 0 fully saturated rings. The van der Waals surface area contributed by atoms with Gasteiger partial charge in [0.1, 0.15) is 11.4 Å². The van der Waals surface area contributed by atoms with Crippen LogP contribution in [0, 0.1) is 0 Å². The lowest BCUT2D eigenvalue weighted by atomic mass is 10.2. The molecule has 2 aromatic heterocycles. The molecule has 7 nitrogen and oxygen atoms in total. The van der Waals surface area contributed by atoms with Crippen LogP contribution in [0.15, 0.2) is 24.5 Å². The Balaban J connectivity index is 1.94. The van der Waals surface area contributed by atoms with Crippen molar-refractivity contribution >= 4 is 11.9 Å². The first kappa shape index (κ1) is 16.1. The maximum atomic E-state index is 11.9. The van der Waals surface area contributed by atoms with Crippen LogP contribution in [-0.2, 0) is 24.9 Å². The first-order valence-electron chi connectivity index (χ1n) is 7.19. The number of hydrogen-bond acceptors (Lipinski definition) is 4. The summed E-state index contributed by atoms with van der Waals surface area (Å²) in [5, 5.41) is 10.2. The maximum Gasteiger partial charge on any atom is 0.413 e. The van der Waals surface area contributed by atoms with Gasteiger partial charge in [0.25, 0.3) is 0 Å². The molecule has 0 aliphatic heterocycles. The quantitative estimate of drug-likeness (QED) is 0.792. The highest BCUT2D eigenvalue weighted by atomic mass is 16.6. The topological polar surface area (TPSA) is 84.0 Å². The number of H-pyrrole nitrogens is 1. The molecule has 0 radical (unpaired) electrons. The van der Waals surface area contributed by atoms with E-state index in [9.17, 15) is 4.79 Å². The van der Waals surface area contributed by atoms with Crippen LogP contribution >= 0.6 is 0 Å². The number of carbonyl (C=O) groups is 1. The summed E-state index contributed by atoms with van der Waals surface area (Å²) in [5.41, 5.74) is 1.47. The molecule has 2 aromatic rings. The van der Waals surface area contributed by atoms with Crippen LogP contribution < -0.4 is 10.6 Å². The standard InChI is InChI=1S/C15H23N5O2/c1-15(2,3)22-14(21)19-13-11(9-18-20(13)4)8-16-10-12-6-5-7-17-12/h5-7,9,16-17H,8,10H2,1-4H3,(H,19,21).